The summed E-state index contributed by atoms with van der Waals surface area (Å²) in [6, 6.07) is 0. The van der Waals surface area contributed by atoms with E-state index in [9.17, 15) is 5.11 Å². The van der Waals surface area contributed by atoms with Crippen LogP contribution in [-0.4, -0.2) is 34.9 Å². The van der Waals surface area contributed by atoms with Gasteiger partial charge in [0.1, 0.15) is 0 Å². The fourth-order valence-corrected chi connectivity index (χ4v) is 2.61. The summed E-state index contributed by atoms with van der Waals surface area (Å²) in [6.07, 6.45) is 3.05. The molecule has 0 radical (unpaired) electrons. The molecule has 0 aromatic carbocycles. The van der Waals surface area contributed by atoms with E-state index in [-0.39, 0.29) is 10.9 Å². The van der Waals surface area contributed by atoms with Crippen LogP contribution >= 0.6 is 11.8 Å². The first-order chi connectivity index (χ1) is 6.97. The molecule has 0 bridgehead atoms. The quantitative estimate of drug-likeness (QED) is 0.808. The van der Waals surface area contributed by atoms with Gasteiger partial charge >= 0.3 is 0 Å². The number of rotatable bonds is 4. The fourth-order valence-electron chi connectivity index (χ4n) is 1.78. The second kappa shape index (κ2) is 6.12. The van der Waals surface area contributed by atoms with E-state index in [0.717, 1.165) is 38.2 Å². The smallest absolute Gasteiger partial charge is 0.0633 e. The van der Waals surface area contributed by atoms with E-state index in [0.29, 0.717) is 5.92 Å². The molecule has 3 heteroatoms. The summed E-state index contributed by atoms with van der Waals surface area (Å²) in [5, 5.41) is 9.90. The van der Waals surface area contributed by atoms with Gasteiger partial charge in [0.15, 0.2) is 0 Å². The summed E-state index contributed by atoms with van der Waals surface area (Å²) in [7, 11) is 0. The topological polar surface area (TPSA) is 29.5 Å². The molecule has 1 atom stereocenters. The average molecular weight is 232 g/mol. The normalized spacial score (nSPS) is 21.6. The molecule has 1 heterocycles. The average Bonchev–Trinajstić information content (AvgIpc) is 2.15. The van der Waals surface area contributed by atoms with Gasteiger partial charge in [-0.05, 0) is 25.2 Å². The predicted octanol–water partition coefficient (Wildman–Crippen LogP) is 2.70. The van der Waals surface area contributed by atoms with Crippen LogP contribution in [0.1, 0.15) is 40.0 Å². The Morgan fingerprint density at radius 1 is 1.33 bits per heavy atom. The largest absolute Gasteiger partial charge is 0.392 e. The standard InChI is InChI=1S/C12H24O2S/c1-12(2,3)15-9-11(13)8-10-4-6-14-7-5-10/h10-11,13H,4-9H2,1-3H3. The molecule has 1 aliphatic rings. The highest BCUT2D eigenvalue weighted by Crippen LogP contribution is 2.27. The minimum atomic E-state index is -0.141. The van der Waals surface area contributed by atoms with Crippen LogP contribution in [-0.2, 0) is 4.74 Å². The minimum absolute atomic E-state index is 0.141. The van der Waals surface area contributed by atoms with Crippen molar-refractivity contribution in [1.82, 2.24) is 0 Å². The van der Waals surface area contributed by atoms with Gasteiger partial charge in [0.25, 0.3) is 0 Å². The predicted molar refractivity (Wildman–Crippen MR) is 66.4 cm³/mol. The van der Waals surface area contributed by atoms with Crippen molar-refractivity contribution in [2.45, 2.75) is 50.9 Å². The van der Waals surface area contributed by atoms with Crippen LogP contribution in [0.15, 0.2) is 0 Å². The highest BCUT2D eigenvalue weighted by atomic mass is 32.2. The summed E-state index contributed by atoms with van der Waals surface area (Å²) in [5.41, 5.74) is 0. The van der Waals surface area contributed by atoms with Crippen molar-refractivity contribution in [3.8, 4) is 0 Å². The van der Waals surface area contributed by atoms with E-state index in [1.807, 2.05) is 11.8 Å². The molecule has 1 rings (SSSR count). The third kappa shape index (κ3) is 6.44. The van der Waals surface area contributed by atoms with Crippen molar-refractivity contribution < 1.29 is 9.84 Å². The number of hydrogen-bond acceptors (Lipinski definition) is 3. The maximum atomic E-state index is 9.90. The molecular weight excluding hydrogens is 208 g/mol. The third-order valence-electron chi connectivity index (χ3n) is 2.66. The Labute approximate surface area is 97.8 Å². The highest BCUT2D eigenvalue weighted by molar-refractivity contribution is 8.00. The van der Waals surface area contributed by atoms with E-state index in [1.54, 1.807) is 0 Å². The van der Waals surface area contributed by atoms with Gasteiger partial charge in [-0.1, -0.05) is 20.8 Å². The zero-order chi connectivity index (χ0) is 11.3. The molecule has 90 valence electrons. The lowest BCUT2D eigenvalue weighted by Crippen LogP contribution is -2.23. The molecule has 1 saturated heterocycles. The van der Waals surface area contributed by atoms with Gasteiger partial charge in [-0.2, -0.15) is 11.8 Å². The molecule has 2 nitrogen and oxygen atoms in total. The summed E-state index contributed by atoms with van der Waals surface area (Å²) in [6.45, 7) is 8.34. The monoisotopic (exact) mass is 232 g/mol. The van der Waals surface area contributed by atoms with Gasteiger partial charge < -0.3 is 9.84 Å². The van der Waals surface area contributed by atoms with Gasteiger partial charge in [-0.15, -0.1) is 0 Å². The molecule has 0 saturated carbocycles. The van der Waals surface area contributed by atoms with E-state index < -0.39 is 0 Å². The zero-order valence-corrected chi connectivity index (χ0v) is 11.0. The second-order valence-electron chi connectivity index (χ2n) is 5.37. The fraction of sp³-hybridized carbons (Fsp3) is 1.00. The first-order valence-corrected chi connectivity index (χ1v) is 6.86. The van der Waals surface area contributed by atoms with Crippen molar-refractivity contribution in [2.75, 3.05) is 19.0 Å². The van der Waals surface area contributed by atoms with Crippen LogP contribution in [0.4, 0.5) is 0 Å². The molecule has 0 aromatic heterocycles. The van der Waals surface area contributed by atoms with Crippen LogP contribution in [0.5, 0.6) is 0 Å². The minimum Gasteiger partial charge on any atom is -0.392 e. The molecule has 0 aliphatic carbocycles. The lowest BCUT2D eigenvalue weighted by molar-refractivity contribution is 0.0478. The lowest BCUT2D eigenvalue weighted by atomic mass is 9.94. The van der Waals surface area contributed by atoms with E-state index in [1.165, 1.54) is 0 Å². The lowest BCUT2D eigenvalue weighted by Gasteiger charge is -2.25. The Bertz CT molecular complexity index is 171. The molecule has 0 amide bonds. The molecule has 0 aromatic rings. The summed E-state index contributed by atoms with van der Waals surface area (Å²) < 4.78 is 5.57. The number of aliphatic hydroxyl groups excluding tert-OH is 1. The van der Waals surface area contributed by atoms with Gasteiger partial charge in [0.2, 0.25) is 0 Å². The van der Waals surface area contributed by atoms with Crippen LogP contribution in [0.3, 0.4) is 0 Å². The van der Waals surface area contributed by atoms with Gasteiger partial charge in [0.05, 0.1) is 6.10 Å². The summed E-state index contributed by atoms with van der Waals surface area (Å²) in [5.74, 6) is 1.54. The van der Waals surface area contributed by atoms with E-state index >= 15 is 0 Å². The Balaban J connectivity index is 2.14. The molecule has 1 unspecified atom stereocenters. The molecule has 1 N–H and O–H groups in total. The second-order valence-corrected chi connectivity index (χ2v) is 7.22. The Hall–Kier alpha value is 0.270. The SMILES string of the molecule is CC(C)(C)SCC(O)CC1CCOCC1. The number of aliphatic hydroxyl groups is 1. The summed E-state index contributed by atoms with van der Waals surface area (Å²) >= 11 is 1.85. The first kappa shape index (κ1) is 13.3. The number of ether oxygens (including phenoxy) is 1. The van der Waals surface area contributed by atoms with Crippen molar-refractivity contribution in [1.29, 1.82) is 0 Å². The molecule has 15 heavy (non-hydrogen) atoms. The van der Waals surface area contributed by atoms with Crippen molar-refractivity contribution in [3.05, 3.63) is 0 Å². The Morgan fingerprint density at radius 3 is 2.47 bits per heavy atom. The van der Waals surface area contributed by atoms with Crippen LogP contribution in [0, 0.1) is 5.92 Å². The highest BCUT2D eigenvalue weighted by Gasteiger charge is 2.19. The zero-order valence-electron chi connectivity index (χ0n) is 10.2. The van der Waals surface area contributed by atoms with Gasteiger partial charge in [-0.25, -0.2) is 0 Å². The number of thioether (sulfide) groups is 1. The van der Waals surface area contributed by atoms with Crippen molar-refractivity contribution in [2.24, 2.45) is 5.92 Å². The maximum Gasteiger partial charge on any atom is 0.0633 e. The third-order valence-corrected chi connectivity index (χ3v) is 4.07. The Kier molecular flexibility index (Phi) is 5.44. The van der Waals surface area contributed by atoms with Crippen LogP contribution in [0.25, 0.3) is 0 Å². The van der Waals surface area contributed by atoms with Crippen molar-refractivity contribution in [3.63, 3.8) is 0 Å². The van der Waals surface area contributed by atoms with E-state index in [2.05, 4.69) is 20.8 Å². The van der Waals surface area contributed by atoms with Crippen LogP contribution < -0.4 is 0 Å². The Morgan fingerprint density at radius 2 is 1.93 bits per heavy atom. The first-order valence-electron chi connectivity index (χ1n) is 5.87. The molecule has 0 spiro atoms. The molecular formula is C12H24O2S. The molecule has 1 fully saturated rings. The maximum absolute atomic E-state index is 9.90. The van der Waals surface area contributed by atoms with Crippen LogP contribution in [0.2, 0.25) is 0 Å². The summed E-state index contributed by atoms with van der Waals surface area (Å²) in [4.78, 5) is 0. The van der Waals surface area contributed by atoms with Gasteiger partial charge in [0, 0.05) is 23.7 Å². The molecule has 1 aliphatic heterocycles. The van der Waals surface area contributed by atoms with Gasteiger partial charge in [-0.3, -0.25) is 0 Å². The van der Waals surface area contributed by atoms with E-state index in [4.69, 9.17) is 4.74 Å². The number of hydrogen-bond donors (Lipinski definition) is 1. The van der Waals surface area contributed by atoms with Crippen molar-refractivity contribution >= 4 is 11.8 Å².